The summed E-state index contributed by atoms with van der Waals surface area (Å²) in [6.07, 6.45) is 1.24. The number of anilines is 1. The molecule has 0 radical (unpaired) electrons. The zero-order valence-electron chi connectivity index (χ0n) is 10.6. The van der Waals surface area contributed by atoms with E-state index in [4.69, 9.17) is 4.74 Å². The summed E-state index contributed by atoms with van der Waals surface area (Å²) in [6, 6.07) is 1.49. The molecule has 6 nitrogen and oxygen atoms in total. The molecule has 0 spiro atoms. The summed E-state index contributed by atoms with van der Waals surface area (Å²) >= 11 is 0. The Kier molecular flexibility index (Phi) is 5.26. The second-order valence-corrected chi connectivity index (χ2v) is 4.05. The zero-order valence-corrected chi connectivity index (χ0v) is 10.6. The quantitative estimate of drug-likeness (QED) is 0.348. The van der Waals surface area contributed by atoms with Gasteiger partial charge in [0.2, 0.25) is 0 Å². The smallest absolute Gasteiger partial charge is 0.287 e. The van der Waals surface area contributed by atoms with E-state index < -0.39 is 4.92 Å². The van der Waals surface area contributed by atoms with E-state index in [1.54, 1.807) is 6.92 Å². The van der Waals surface area contributed by atoms with Crippen LogP contribution in [0.1, 0.15) is 12.5 Å². The van der Waals surface area contributed by atoms with Gasteiger partial charge in [0.1, 0.15) is 12.0 Å². The molecule has 1 aromatic rings. The number of rotatable bonds is 7. The van der Waals surface area contributed by atoms with Crippen LogP contribution < -0.4 is 5.32 Å². The van der Waals surface area contributed by atoms with Crippen molar-refractivity contribution < 1.29 is 9.66 Å². The molecule has 1 N–H and O–H groups in total. The fraction of sp³-hybridized carbons (Fsp3) is 0.417. The predicted molar refractivity (Wildman–Crippen MR) is 69.8 cm³/mol. The van der Waals surface area contributed by atoms with Gasteiger partial charge >= 0.3 is 0 Å². The number of hydrogen-bond acceptors (Lipinski definition) is 5. The highest BCUT2D eigenvalue weighted by atomic mass is 16.6. The van der Waals surface area contributed by atoms with Gasteiger partial charge in [-0.3, -0.25) is 10.1 Å². The molecule has 0 saturated carbocycles. The van der Waals surface area contributed by atoms with Crippen LogP contribution in [0.25, 0.3) is 0 Å². The average Bonchev–Trinajstić information content (AvgIpc) is 2.29. The lowest BCUT2D eigenvalue weighted by atomic mass is 10.2. The van der Waals surface area contributed by atoms with Crippen LogP contribution in [0, 0.1) is 17.0 Å². The molecule has 0 saturated heterocycles. The lowest BCUT2D eigenvalue weighted by Gasteiger charge is -2.08. The van der Waals surface area contributed by atoms with Gasteiger partial charge in [0.25, 0.3) is 5.69 Å². The summed E-state index contributed by atoms with van der Waals surface area (Å²) in [5, 5.41) is 13.6. The van der Waals surface area contributed by atoms with Gasteiger partial charge < -0.3 is 10.1 Å². The van der Waals surface area contributed by atoms with Crippen LogP contribution in [0.4, 0.5) is 11.5 Å². The van der Waals surface area contributed by atoms with Crippen molar-refractivity contribution in [3.05, 3.63) is 40.1 Å². The maximum Gasteiger partial charge on any atom is 0.287 e. The Morgan fingerprint density at radius 3 is 2.94 bits per heavy atom. The third kappa shape index (κ3) is 4.50. The first-order valence-electron chi connectivity index (χ1n) is 5.57. The average molecular weight is 251 g/mol. The molecule has 0 aliphatic heterocycles. The first-order chi connectivity index (χ1) is 8.50. The molecule has 0 amide bonds. The van der Waals surface area contributed by atoms with Gasteiger partial charge in [-0.15, -0.1) is 0 Å². The van der Waals surface area contributed by atoms with E-state index >= 15 is 0 Å². The van der Waals surface area contributed by atoms with Crippen molar-refractivity contribution >= 4 is 11.5 Å². The van der Waals surface area contributed by atoms with Crippen molar-refractivity contribution in [3.8, 4) is 0 Å². The van der Waals surface area contributed by atoms with Crippen molar-refractivity contribution in [2.45, 2.75) is 13.8 Å². The SMILES string of the molecule is C=C(C)COCCNc1ncc([N+](=O)[O-])cc1C. The van der Waals surface area contributed by atoms with Gasteiger partial charge in [-0.05, 0) is 19.4 Å². The van der Waals surface area contributed by atoms with Crippen LogP contribution in [0.2, 0.25) is 0 Å². The van der Waals surface area contributed by atoms with Crippen LogP contribution in [0.5, 0.6) is 0 Å². The molecule has 0 atom stereocenters. The van der Waals surface area contributed by atoms with Gasteiger partial charge in [0, 0.05) is 12.6 Å². The molecule has 0 aliphatic rings. The summed E-state index contributed by atoms with van der Waals surface area (Å²) in [5.41, 5.74) is 1.71. The third-order valence-corrected chi connectivity index (χ3v) is 2.16. The summed E-state index contributed by atoms with van der Waals surface area (Å²) in [6.45, 7) is 9.07. The van der Waals surface area contributed by atoms with E-state index in [0.29, 0.717) is 25.6 Å². The Hall–Kier alpha value is -1.95. The normalized spacial score (nSPS) is 10.1. The topological polar surface area (TPSA) is 77.3 Å². The minimum atomic E-state index is -0.459. The molecule has 1 heterocycles. The summed E-state index contributed by atoms with van der Waals surface area (Å²) in [5.74, 6) is 0.638. The number of pyridine rings is 1. The second kappa shape index (κ2) is 6.70. The first-order valence-corrected chi connectivity index (χ1v) is 5.57. The second-order valence-electron chi connectivity index (χ2n) is 4.05. The van der Waals surface area contributed by atoms with Gasteiger partial charge in [0.05, 0.1) is 18.1 Å². The molecule has 1 rings (SSSR count). The number of ether oxygens (including phenoxy) is 1. The molecule has 6 heteroatoms. The summed E-state index contributed by atoms with van der Waals surface area (Å²) in [4.78, 5) is 14.1. The minimum absolute atomic E-state index is 0.00316. The molecule has 0 unspecified atom stereocenters. The zero-order chi connectivity index (χ0) is 13.5. The first kappa shape index (κ1) is 14.1. The van der Waals surface area contributed by atoms with E-state index in [1.807, 2.05) is 6.92 Å². The van der Waals surface area contributed by atoms with Gasteiger partial charge in [-0.25, -0.2) is 4.98 Å². The summed E-state index contributed by atoms with van der Waals surface area (Å²) in [7, 11) is 0. The maximum absolute atomic E-state index is 10.5. The van der Waals surface area contributed by atoms with Crippen LogP contribution in [0.15, 0.2) is 24.4 Å². The minimum Gasteiger partial charge on any atom is -0.375 e. The van der Waals surface area contributed by atoms with E-state index in [0.717, 1.165) is 11.1 Å². The number of nitro groups is 1. The van der Waals surface area contributed by atoms with Crippen LogP contribution in [-0.2, 0) is 4.74 Å². The highest BCUT2D eigenvalue weighted by Gasteiger charge is 2.08. The van der Waals surface area contributed by atoms with E-state index in [2.05, 4.69) is 16.9 Å². The fourth-order valence-corrected chi connectivity index (χ4v) is 1.33. The number of aryl methyl sites for hydroxylation is 1. The van der Waals surface area contributed by atoms with Crippen LogP contribution in [-0.4, -0.2) is 29.7 Å². The number of nitrogens with one attached hydrogen (secondary N) is 1. The van der Waals surface area contributed by atoms with E-state index in [-0.39, 0.29) is 5.69 Å². The van der Waals surface area contributed by atoms with E-state index in [1.165, 1.54) is 12.3 Å². The van der Waals surface area contributed by atoms with E-state index in [9.17, 15) is 10.1 Å². The molecule has 18 heavy (non-hydrogen) atoms. The third-order valence-electron chi connectivity index (χ3n) is 2.16. The highest BCUT2D eigenvalue weighted by molar-refractivity contribution is 5.48. The van der Waals surface area contributed by atoms with Gasteiger partial charge in [-0.1, -0.05) is 12.2 Å². The molecule has 0 fully saturated rings. The molecule has 0 aromatic carbocycles. The monoisotopic (exact) mass is 251 g/mol. The van der Waals surface area contributed by atoms with Crippen molar-refractivity contribution in [3.63, 3.8) is 0 Å². The number of aromatic nitrogens is 1. The Morgan fingerprint density at radius 2 is 2.39 bits per heavy atom. The molecule has 0 aliphatic carbocycles. The highest BCUT2D eigenvalue weighted by Crippen LogP contribution is 2.17. The lowest BCUT2D eigenvalue weighted by Crippen LogP contribution is -2.12. The van der Waals surface area contributed by atoms with Crippen molar-refractivity contribution in [1.29, 1.82) is 0 Å². The lowest BCUT2D eigenvalue weighted by molar-refractivity contribution is -0.385. The van der Waals surface area contributed by atoms with Crippen molar-refractivity contribution in [2.75, 3.05) is 25.1 Å². The Morgan fingerprint density at radius 1 is 1.67 bits per heavy atom. The molecular formula is C12H17N3O3. The molecular weight excluding hydrogens is 234 g/mol. The standard InChI is InChI=1S/C12H17N3O3/c1-9(2)8-18-5-4-13-12-10(3)6-11(7-14-12)15(16)17/h6-7H,1,4-5,8H2,2-3H3,(H,13,14). The molecule has 0 bridgehead atoms. The molecule has 98 valence electrons. The predicted octanol–water partition coefficient (Wildman–Crippen LogP) is 2.30. The largest absolute Gasteiger partial charge is 0.375 e. The van der Waals surface area contributed by atoms with Crippen molar-refractivity contribution in [2.24, 2.45) is 0 Å². The van der Waals surface area contributed by atoms with Crippen LogP contribution >= 0.6 is 0 Å². The Balaban J connectivity index is 2.43. The van der Waals surface area contributed by atoms with Gasteiger partial charge in [0.15, 0.2) is 0 Å². The van der Waals surface area contributed by atoms with Crippen molar-refractivity contribution in [1.82, 2.24) is 4.98 Å². The summed E-state index contributed by atoms with van der Waals surface area (Å²) < 4.78 is 5.32. The van der Waals surface area contributed by atoms with Gasteiger partial charge in [-0.2, -0.15) is 0 Å². The molecule has 1 aromatic heterocycles. The Bertz CT molecular complexity index is 446. The maximum atomic E-state index is 10.5. The number of nitrogens with zero attached hydrogens (tertiary/aromatic N) is 2. The number of hydrogen-bond donors (Lipinski definition) is 1. The fourth-order valence-electron chi connectivity index (χ4n) is 1.33. The van der Waals surface area contributed by atoms with Crippen LogP contribution in [0.3, 0.4) is 0 Å². The Labute approximate surface area is 106 Å².